The molecule has 0 aromatic rings. The topological polar surface area (TPSA) is 172 Å². The van der Waals surface area contributed by atoms with E-state index in [2.05, 4.69) is 30.5 Å². The highest BCUT2D eigenvalue weighted by Gasteiger charge is 2.28. The van der Waals surface area contributed by atoms with Crippen molar-refractivity contribution in [2.45, 2.75) is 225 Å². The number of carbonyl (C=O) groups excluding carboxylic acids is 2. The molecule has 57 heavy (non-hydrogen) atoms. The van der Waals surface area contributed by atoms with Gasteiger partial charge < -0.3 is 25.2 Å². The van der Waals surface area contributed by atoms with Crippen molar-refractivity contribution in [2.24, 2.45) is 5.73 Å². The van der Waals surface area contributed by atoms with Crippen LogP contribution in [0.4, 0.5) is 0 Å². The van der Waals surface area contributed by atoms with Crippen molar-refractivity contribution in [3.63, 3.8) is 0 Å². The van der Waals surface area contributed by atoms with Crippen LogP contribution < -0.4 is 5.73 Å². The lowest BCUT2D eigenvalue weighted by atomic mass is 10.0. The number of phosphoric acid groups is 1. The van der Waals surface area contributed by atoms with Gasteiger partial charge in [-0.1, -0.05) is 192 Å². The van der Waals surface area contributed by atoms with E-state index in [9.17, 15) is 23.8 Å². The Labute approximate surface area is 347 Å². The number of hydrogen-bond acceptors (Lipinski definition) is 9. The van der Waals surface area contributed by atoms with E-state index >= 15 is 0 Å². The molecule has 0 aliphatic carbocycles. The number of carboxylic acid groups (broad SMARTS) is 1. The molecule has 0 aliphatic rings. The molecule has 4 N–H and O–H groups in total. The zero-order valence-electron chi connectivity index (χ0n) is 36.2. The van der Waals surface area contributed by atoms with E-state index in [1.54, 1.807) is 0 Å². The lowest BCUT2D eigenvalue weighted by Gasteiger charge is -2.20. The lowest BCUT2D eigenvalue weighted by Crippen LogP contribution is -2.34. The van der Waals surface area contributed by atoms with Crippen LogP contribution in [0.15, 0.2) is 24.3 Å². The Hall–Kier alpha value is -2.04. The van der Waals surface area contributed by atoms with Gasteiger partial charge in [0, 0.05) is 12.8 Å². The van der Waals surface area contributed by atoms with Crippen LogP contribution in [0.3, 0.4) is 0 Å². The van der Waals surface area contributed by atoms with Gasteiger partial charge in [-0.25, -0.2) is 4.57 Å². The van der Waals surface area contributed by atoms with Crippen molar-refractivity contribution in [2.75, 3.05) is 19.8 Å². The predicted molar refractivity (Wildman–Crippen MR) is 231 cm³/mol. The Morgan fingerprint density at radius 1 is 0.544 bits per heavy atom. The van der Waals surface area contributed by atoms with Crippen LogP contribution in [0.2, 0.25) is 0 Å². The fraction of sp³-hybridized carbons (Fsp3) is 0.844. The second-order valence-corrected chi connectivity index (χ2v) is 17.0. The molecule has 0 fully saturated rings. The molecule has 0 aromatic heterocycles. The Bertz CT molecular complexity index is 1070. The molecule has 2 unspecified atom stereocenters. The Morgan fingerprint density at radius 3 is 1.44 bits per heavy atom. The van der Waals surface area contributed by atoms with Crippen LogP contribution in [0.5, 0.6) is 0 Å². The predicted octanol–water partition coefficient (Wildman–Crippen LogP) is 12.2. The standard InChI is InChI=1S/C45H84NO10P/c1-3-5-7-9-11-13-15-17-18-19-20-21-22-23-25-26-28-30-32-34-36-43(47)53-38-41(39-54-57(51,52)55-40-42(46)45(49)50)56-44(48)37-35-33-31-29-27-24-16-14-12-10-8-6-4-2/h24,27,31,33,41-42H,3-23,25-26,28-30,32,34-40,46H2,1-2H3,(H,49,50)(H,51,52)/b27-24+,33-31+/t41?,42-/m1/s1. The summed E-state index contributed by atoms with van der Waals surface area (Å²) in [5, 5.41) is 8.88. The molecule has 0 amide bonds. The number of phosphoric ester groups is 1. The number of aliphatic carboxylic acids is 1. The summed E-state index contributed by atoms with van der Waals surface area (Å²) in [4.78, 5) is 45.9. The number of esters is 2. The van der Waals surface area contributed by atoms with Crippen molar-refractivity contribution in [3.05, 3.63) is 24.3 Å². The van der Waals surface area contributed by atoms with E-state index in [1.807, 2.05) is 12.2 Å². The maximum Gasteiger partial charge on any atom is 0.472 e. The largest absolute Gasteiger partial charge is 0.480 e. The van der Waals surface area contributed by atoms with Gasteiger partial charge in [0.05, 0.1) is 13.2 Å². The molecule has 0 radical (unpaired) electrons. The lowest BCUT2D eigenvalue weighted by molar-refractivity contribution is -0.161. The van der Waals surface area contributed by atoms with E-state index < -0.39 is 51.1 Å². The minimum atomic E-state index is -4.73. The molecule has 0 heterocycles. The summed E-state index contributed by atoms with van der Waals surface area (Å²) >= 11 is 0. The molecule has 0 aromatic carbocycles. The Morgan fingerprint density at radius 2 is 0.965 bits per heavy atom. The molecule has 0 aliphatic heterocycles. The van der Waals surface area contributed by atoms with Gasteiger partial charge in [0.1, 0.15) is 12.6 Å². The summed E-state index contributed by atoms with van der Waals surface area (Å²) in [6.07, 6.45) is 42.7. The van der Waals surface area contributed by atoms with E-state index in [-0.39, 0.29) is 19.4 Å². The SMILES string of the molecule is CCCCCCCC/C=C/C/C=C/CCC(=O)OC(COC(=O)CCCCCCCCCCCCCCCCCCCCCC)COP(=O)(O)OC[C@@H](N)C(=O)O. The number of nitrogens with two attached hydrogens (primary N) is 1. The summed E-state index contributed by atoms with van der Waals surface area (Å²) in [7, 11) is -4.73. The Kier molecular flexibility index (Phi) is 39.3. The highest BCUT2D eigenvalue weighted by molar-refractivity contribution is 7.47. The molecule has 0 saturated heterocycles. The zero-order chi connectivity index (χ0) is 42.1. The van der Waals surface area contributed by atoms with Crippen LogP contribution in [-0.2, 0) is 37.5 Å². The molecule has 12 heteroatoms. The van der Waals surface area contributed by atoms with E-state index in [0.717, 1.165) is 32.1 Å². The minimum absolute atomic E-state index is 0.0581. The summed E-state index contributed by atoms with van der Waals surface area (Å²) in [6, 6.07) is -1.53. The van der Waals surface area contributed by atoms with Crippen molar-refractivity contribution >= 4 is 25.7 Å². The highest BCUT2D eigenvalue weighted by atomic mass is 31.2. The highest BCUT2D eigenvalue weighted by Crippen LogP contribution is 2.43. The number of carboxylic acids is 1. The molecular weight excluding hydrogens is 745 g/mol. The first-order valence-electron chi connectivity index (χ1n) is 22.9. The third-order valence-corrected chi connectivity index (χ3v) is 10.9. The third kappa shape index (κ3) is 40.5. The zero-order valence-corrected chi connectivity index (χ0v) is 37.1. The number of allylic oxidation sites excluding steroid dienone is 4. The minimum Gasteiger partial charge on any atom is -0.480 e. The number of unbranched alkanes of at least 4 members (excludes halogenated alkanes) is 25. The van der Waals surface area contributed by atoms with Gasteiger partial charge in [-0.3, -0.25) is 23.4 Å². The van der Waals surface area contributed by atoms with Gasteiger partial charge in [-0.15, -0.1) is 0 Å². The first kappa shape index (κ1) is 55.0. The summed E-state index contributed by atoms with van der Waals surface area (Å²) < 4.78 is 32.6. The first-order valence-corrected chi connectivity index (χ1v) is 24.4. The van der Waals surface area contributed by atoms with Crippen molar-refractivity contribution in [3.8, 4) is 0 Å². The quantitative estimate of drug-likeness (QED) is 0.0231. The van der Waals surface area contributed by atoms with E-state index in [1.165, 1.54) is 141 Å². The molecule has 3 atom stereocenters. The van der Waals surface area contributed by atoms with Gasteiger partial charge in [-0.05, 0) is 32.1 Å². The molecule has 0 bridgehead atoms. The van der Waals surface area contributed by atoms with Crippen LogP contribution in [0.25, 0.3) is 0 Å². The van der Waals surface area contributed by atoms with Crippen LogP contribution in [0, 0.1) is 0 Å². The maximum absolute atomic E-state index is 12.6. The first-order chi connectivity index (χ1) is 27.6. The summed E-state index contributed by atoms with van der Waals surface area (Å²) in [5.74, 6) is -2.45. The average Bonchev–Trinajstić information content (AvgIpc) is 3.19. The van der Waals surface area contributed by atoms with Gasteiger partial charge >= 0.3 is 25.7 Å². The van der Waals surface area contributed by atoms with Crippen molar-refractivity contribution in [1.82, 2.24) is 0 Å². The van der Waals surface area contributed by atoms with Crippen LogP contribution in [0.1, 0.15) is 213 Å². The molecule has 11 nitrogen and oxygen atoms in total. The van der Waals surface area contributed by atoms with Gasteiger partial charge in [-0.2, -0.15) is 0 Å². The maximum atomic E-state index is 12.6. The number of hydrogen-bond donors (Lipinski definition) is 3. The molecular formula is C45H84NO10P. The summed E-state index contributed by atoms with van der Waals surface area (Å²) in [6.45, 7) is 2.76. The number of ether oxygens (including phenoxy) is 2. The van der Waals surface area contributed by atoms with Crippen LogP contribution >= 0.6 is 7.82 Å². The normalized spacial score (nSPS) is 13.9. The van der Waals surface area contributed by atoms with Crippen molar-refractivity contribution < 1.29 is 47.5 Å². The Balaban J connectivity index is 4.30. The molecule has 334 valence electrons. The molecule has 0 rings (SSSR count). The van der Waals surface area contributed by atoms with E-state index in [0.29, 0.717) is 12.8 Å². The van der Waals surface area contributed by atoms with Crippen molar-refractivity contribution in [1.29, 1.82) is 0 Å². The van der Waals surface area contributed by atoms with Crippen LogP contribution in [-0.4, -0.2) is 59.9 Å². The number of carbonyl (C=O) groups is 3. The van der Waals surface area contributed by atoms with E-state index in [4.69, 9.17) is 24.8 Å². The molecule has 0 saturated carbocycles. The van der Waals surface area contributed by atoms with Gasteiger partial charge in [0.25, 0.3) is 0 Å². The van der Waals surface area contributed by atoms with Gasteiger partial charge in [0.15, 0.2) is 6.10 Å². The monoisotopic (exact) mass is 830 g/mol. The second kappa shape index (κ2) is 40.7. The second-order valence-electron chi connectivity index (χ2n) is 15.5. The third-order valence-electron chi connectivity index (χ3n) is 9.97. The fourth-order valence-electron chi connectivity index (χ4n) is 6.35. The summed E-state index contributed by atoms with van der Waals surface area (Å²) in [5.41, 5.74) is 5.33. The number of rotatable bonds is 43. The smallest absolute Gasteiger partial charge is 0.472 e. The average molecular weight is 830 g/mol. The fourth-order valence-corrected chi connectivity index (χ4v) is 7.13. The van der Waals surface area contributed by atoms with Gasteiger partial charge in [0.2, 0.25) is 0 Å². The molecule has 0 spiro atoms.